The largest absolute Gasteiger partial charge is 0.449 e. The van der Waals surface area contributed by atoms with Crippen molar-refractivity contribution in [3.8, 4) is 11.5 Å². The maximum Gasteiger partial charge on any atom is 0.246 e. The molecular formula is C15H20ClNO2. The second-order valence-corrected chi connectivity index (χ2v) is 6.51. The Kier molecular flexibility index (Phi) is 2.95. The Hall–Kier alpha value is -0.930. The van der Waals surface area contributed by atoms with E-state index in [4.69, 9.17) is 26.8 Å². The molecule has 0 bridgehead atoms. The minimum Gasteiger partial charge on any atom is -0.449 e. The van der Waals surface area contributed by atoms with E-state index < -0.39 is 5.79 Å². The van der Waals surface area contributed by atoms with E-state index in [2.05, 4.69) is 0 Å². The Balaban J connectivity index is 2.00. The minimum atomic E-state index is -0.626. The van der Waals surface area contributed by atoms with Crippen LogP contribution in [0.15, 0.2) is 12.1 Å². The first-order valence-corrected chi connectivity index (χ1v) is 7.28. The molecule has 3 nitrogen and oxygen atoms in total. The zero-order valence-corrected chi connectivity index (χ0v) is 12.2. The molecule has 0 unspecified atom stereocenters. The molecule has 1 heterocycles. The number of ether oxygens (including phenoxy) is 2. The summed E-state index contributed by atoms with van der Waals surface area (Å²) in [5.74, 6) is 0.830. The van der Waals surface area contributed by atoms with Crippen molar-refractivity contribution >= 4 is 11.6 Å². The molecule has 1 aliphatic heterocycles. The van der Waals surface area contributed by atoms with Crippen molar-refractivity contribution in [1.29, 1.82) is 0 Å². The molecule has 0 saturated heterocycles. The van der Waals surface area contributed by atoms with Crippen LogP contribution in [0.5, 0.6) is 11.5 Å². The summed E-state index contributed by atoms with van der Waals surface area (Å²) in [6.07, 6.45) is 5.54. The molecule has 2 aliphatic rings. The maximum atomic E-state index is 6.56. The van der Waals surface area contributed by atoms with Gasteiger partial charge in [-0.2, -0.15) is 0 Å². The summed E-state index contributed by atoms with van der Waals surface area (Å²) >= 11 is 6.41. The lowest BCUT2D eigenvalue weighted by Gasteiger charge is -2.34. The summed E-state index contributed by atoms with van der Waals surface area (Å²) in [4.78, 5) is 0. The monoisotopic (exact) mass is 281 g/mol. The van der Waals surface area contributed by atoms with Crippen LogP contribution in [0.2, 0.25) is 5.02 Å². The Morgan fingerprint density at radius 3 is 2.26 bits per heavy atom. The fraction of sp³-hybridized carbons (Fsp3) is 0.600. The lowest BCUT2D eigenvalue weighted by atomic mass is 9.77. The Morgan fingerprint density at radius 1 is 1.05 bits per heavy atom. The smallest absolute Gasteiger partial charge is 0.246 e. The lowest BCUT2D eigenvalue weighted by Crippen LogP contribution is -2.38. The number of rotatable bonds is 1. The van der Waals surface area contributed by atoms with E-state index in [0.29, 0.717) is 10.8 Å². The highest BCUT2D eigenvalue weighted by molar-refractivity contribution is 6.31. The maximum absolute atomic E-state index is 6.56. The molecule has 4 heteroatoms. The van der Waals surface area contributed by atoms with Crippen molar-refractivity contribution in [2.45, 2.75) is 57.3 Å². The third-order valence-electron chi connectivity index (χ3n) is 4.03. The van der Waals surface area contributed by atoms with Gasteiger partial charge in [0.2, 0.25) is 5.79 Å². The first-order chi connectivity index (χ1) is 8.90. The summed E-state index contributed by atoms with van der Waals surface area (Å²) in [6, 6.07) is 3.81. The van der Waals surface area contributed by atoms with Gasteiger partial charge in [-0.15, -0.1) is 0 Å². The van der Waals surface area contributed by atoms with E-state index in [1.807, 2.05) is 26.0 Å². The van der Waals surface area contributed by atoms with Gasteiger partial charge in [0.05, 0.1) is 0 Å². The van der Waals surface area contributed by atoms with Crippen molar-refractivity contribution in [1.82, 2.24) is 0 Å². The molecule has 0 amide bonds. The molecule has 1 fully saturated rings. The summed E-state index contributed by atoms with van der Waals surface area (Å²) in [6.45, 7) is 3.78. The van der Waals surface area contributed by atoms with Crippen LogP contribution in [-0.2, 0) is 5.54 Å². The number of benzene rings is 1. The van der Waals surface area contributed by atoms with Crippen molar-refractivity contribution in [3.63, 3.8) is 0 Å². The zero-order chi connectivity index (χ0) is 13.7. The van der Waals surface area contributed by atoms with E-state index in [9.17, 15) is 0 Å². The molecule has 0 aromatic heterocycles. The van der Waals surface area contributed by atoms with E-state index >= 15 is 0 Å². The predicted octanol–water partition coefficient (Wildman–Crippen LogP) is 3.97. The normalized spacial score (nSPS) is 23.4. The van der Waals surface area contributed by atoms with Gasteiger partial charge in [0, 0.05) is 30.5 Å². The highest BCUT2D eigenvalue weighted by Gasteiger charge is 2.37. The molecule has 0 atom stereocenters. The molecule has 1 saturated carbocycles. The predicted molar refractivity (Wildman–Crippen MR) is 75.7 cm³/mol. The van der Waals surface area contributed by atoms with Gasteiger partial charge in [-0.1, -0.05) is 30.9 Å². The summed E-state index contributed by atoms with van der Waals surface area (Å²) in [7, 11) is 0. The average molecular weight is 282 g/mol. The van der Waals surface area contributed by atoms with Gasteiger partial charge in [-0.3, -0.25) is 0 Å². The highest BCUT2D eigenvalue weighted by Crippen LogP contribution is 2.46. The molecule has 104 valence electrons. The van der Waals surface area contributed by atoms with Crippen LogP contribution < -0.4 is 15.2 Å². The second-order valence-electron chi connectivity index (χ2n) is 6.10. The summed E-state index contributed by atoms with van der Waals surface area (Å²) < 4.78 is 11.5. The molecule has 0 radical (unpaired) electrons. The fourth-order valence-electron chi connectivity index (χ4n) is 3.08. The van der Waals surface area contributed by atoms with Gasteiger partial charge in [0.1, 0.15) is 0 Å². The molecule has 1 aliphatic carbocycles. The van der Waals surface area contributed by atoms with Crippen LogP contribution >= 0.6 is 11.6 Å². The average Bonchev–Trinajstić information content (AvgIpc) is 2.62. The summed E-state index contributed by atoms with van der Waals surface area (Å²) in [5.41, 5.74) is 7.24. The van der Waals surface area contributed by atoms with Crippen LogP contribution in [0.3, 0.4) is 0 Å². The lowest BCUT2D eigenvalue weighted by molar-refractivity contribution is -0.0431. The van der Waals surface area contributed by atoms with Gasteiger partial charge < -0.3 is 15.2 Å². The van der Waals surface area contributed by atoms with Crippen LogP contribution in [0.1, 0.15) is 51.5 Å². The first-order valence-electron chi connectivity index (χ1n) is 6.91. The van der Waals surface area contributed by atoms with Gasteiger partial charge in [-0.25, -0.2) is 0 Å². The molecule has 1 aromatic rings. The van der Waals surface area contributed by atoms with Crippen molar-refractivity contribution in [3.05, 3.63) is 22.7 Å². The second kappa shape index (κ2) is 4.29. The Labute approximate surface area is 119 Å². The standard InChI is InChI=1S/C15H20ClNO2/c1-14(2)18-12-8-10(11(16)9-13(12)19-14)15(17)6-4-3-5-7-15/h8-9H,3-7,17H2,1-2H3. The molecule has 3 rings (SSSR count). The topological polar surface area (TPSA) is 44.5 Å². The number of hydrogen-bond acceptors (Lipinski definition) is 3. The van der Waals surface area contributed by atoms with Crippen molar-refractivity contribution in [2.75, 3.05) is 0 Å². The first kappa shape index (κ1) is 13.1. The number of nitrogens with two attached hydrogens (primary N) is 1. The van der Waals surface area contributed by atoms with E-state index in [1.165, 1.54) is 6.42 Å². The van der Waals surface area contributed by atoms with Gasteiger partial charge in [0.25, 0.3) is 0 Å². The third-order valence-corrected chi connectivity index (χ3v) is 4.34. The Bertz CT molecular complexity index is 507. The molecule has 0 spiro atoms. The van der Waals surface area contributed by atoms with Gasteiger partial charge in [0.15, 0.2) is 11.5 Å². The minimum absolute atomic E-state index is 0.319. The SMILES string of the molecule is CC1(C)Oc2cc(Cl)c(C3(N)CCCCC3)cc2O1. The quantitative estimate of drug-likeness (QED) is 0.847. The third kappa shape index (κ3) is 2.30. The van der Waals surface area contributed by atoms with Gasteiger partial charge >= 0.3 is 0 Å². The van der Waals surface area contributed by atoms with Crippen LogP contribution in [0.4, 0.5) is 0 Å². The fourth-order valence-corrected chi connectivity index (χ4v) is 3.42. The Morgan fingerprint density at radius 2 is 1.63 bits per heavy atom. The number of fused-ring (bicyclic) bond motifs is 1. The summed E-state index contributed by atoms with van der Waals surface area (Å²) in [5, 5.41) is 0.685. The van der Waals surface area contributed by atoms with Crippen LogP contribution in [-0.4, -0.2) is 5.79 Å². The molecular weight excluding hydrogens is 262 g/mol. The molecule has 19 heavy (non-hydrogen) atoms. The van der Waals surface area contributed by atoms with E-state index in [1.54, 1.807) is 0 Å². The number of hydrogen-bond donors (Lipinski definition) is 1. The van der Waals surface area contributed by atoms with E-state index in [0.717, 1.165) is 37.0 Å². The number of halogens is 1. The zero-order valence-electron chi connectivity index (χ0n) is 11.5. The van der Waals surface area contributed by atoms with Crippen LogP contribution in [0, 0.1) is 0 Å². The highest BCUT2D eigenvalue weighted by atomic mass is 35.5. The molecule has 1 aromatic carbocycles. The van der Waals surface area contributed by atoms with Gasteiger partial charge in [-0.05, 0) is 24.5 Å². The van der Waals surface area contributed by atoms with Crippen molar-refractivity contribution in [2.24, 2.45) is 5.73 Å². The molecule has 2 N–H and O–H groups in total. The van der Waals surface area contributed by atoms with E-state index in [-0.39, 0.29) is 5.54 Å². The van der Waals surface area contributed by atoms with Crippen LogP contribution in [0.25, 0.3) is 0 Å². The van der Waals surface area contributed by atoms with Crippen molar-refractivity contribution < 1.29 is 9.47 Å².